The number of hydrogen-bond donors (Lipinski definition) is 0. The summed E-state index contributed by atoms with van der Waals surface area (Å²) < 4.78 is 78.2. The predicted octanol–water partition coefficient (Wildman–Crippen LogP) is 19.7. The molecule has 7 aliphatic rings. The lowest BCUT2D eigenvalue weighted by Crippen LogP contribution is -2.66. The van der Waals surface area contributed by atoms with E-state index in [0.29, 0.717) is 25.9 Å². The van der Waals surface area contributed by atoms with E-state index in [1.54, 1.807) is 0 Å². The monoisotopic (exact) mass is 1370 g/mol. The standard InChI is InChI=1S/C78H132O10Si5/c1-25-92(26-2,27-3)88-74(17)46-44-62-50-57(4)36-34-42-67(85-89(18,19)20)75(52-58(5)60(7)55-79-90(21,22)71(8,9)10)47-43-61(56-80-93(73(14,15)16,64-38-30-28-31-39-64)65-40-32-29-33-41-65)51-66(75)69-70-68(86-91(23,24)72(11,12)13)59(6)53-77(83-69,84-70)54-63-37-35-45-76(81-63)48-49-78(74,82-62)87-76/h28-34,38-42,51,58-60,62-63,66-70H,4,25-27,35-37,43-50,52-56H2,1-3,5-24H3/b42-34-/t58-,59+,60-,62-,63+,66+,67?,68+,69-,70+,74+,75+,76+,77+,78+/m0/s1. The molecule has 5 saturated heterocycles. The van der Waals surface area contributed by atoms with E-state index in [4.69, 9.17) is 52.4 Å². The van der Waals surface area contributed by atoms with E-state index in [1.165, 1.54) is 15.9 Å². The fourth-order valence-electron chi connectivity index (χ4n) is 17.1. The zero-order valence-corrected chi connectivity index (χ0v) is 68.0. The van der Waals surface area contributed by atoms with Crippen molar-refractivity contribution >= 4 is 52.0 Å². The van der Waals surface area contributed by atoms with Crippen LogP contribution in [0.3, 0.4) is 0 Å². The van der Waals surface area contributed by atoms with E-state index in [-0.39, 0.29) is 75.4 Å². The average molecular weight is 1370 g/mol. The first-order valence-electron chi connectivity index (χ1n) is 37.1. The normalized spacial score (nSPS) is 34.6. The van der Waals surface area contributed by atoms with Gasteiger partial charge in [0.25, 0.3) is 8.32 Å². The number of rotatable bonds is 20. The van der Waals surface area contributed by atoms with Crippen molar-refractivity contribution in [1.29, 1.82) is 0 Å². The second kappa shape index (κ2) is 28.0. The third-order valence-corrected chi connectivity index (χ3v) is 44.8. The second-order valence-corrected chi connectivity index (χ2v) is 59.1. The summed E-state index contributed by atoms with van der Waals surface area (Å²) in [5.41, 5.74) is 1.40. The Hall–Kier alpha value is -1.66. The zero-order chi connectivity index (χ0) is 68.3. The number of fused-ring (bicyclic) bond motifs is 7. The first-order valence-corrected chi connectivity index (χ1v) is 50.7. The lowest BCUT2D eigenvalue weighted by atomic mass is 9.57. The van der Waals surface area contributed by atoms with Crippen LogP contribution in [0, 0.1) is 29.1 Å². The van der Waals surface area contributed by atoms with Crippen molar-refractivity contribution in [2.75, 3.05) is 13.2 Å². The second-order valence-electron chi connectivity index (χ2n) is 36.1. The molecule has 0 amide bonds. The molecule has 0 radical (unpaired) electrons. The molecule has 2 aromatic carbocycles. The molecule has 5 fully saturated rings. The molecule has 15 atom stereocenters. The summed E-state index contributed by atoms with van der Waals surface area (Å²) in [5, 5.41) is 2.46. The Kier molecular flexibility index (Phi) is 22.8. The van der Waals surface area contributed by atoms with E-state index in [1.807, 2.05) is 0 Å². The van der Waals surface area contributed by atoms with Gasteiger partial charge in [0.1, 0.15) is 11.7 Å². The van der Waals surface area contributed by atoms with E-state index < -0.39 is 70.0 Å². The van der Waals surface area contributed by atoms with Crippen LogP contribution >= 0.6 is 0 Å². The van der Waals surface area contributed by atoms with Gasteiger partial charge in [-0.1, -0.05) is 195 Å². The van der Waals surface area contributed by atoms with Crippen molar-refractivity contribution in [3.8, 4) is 0 Å². The molecule has 6 heterocycles. The van der Waals surface area contributed by atoms with Gasteiger partial charge in [-0.15, -0.1) is 0 Å². The molecule has 9 rings (SSSR count). The van der Waals surface area contributed by atoms with Crippen molar-refractivity contribution in [2.45, 2.75) is 339 Å². The number of allylic oxidation sites excluding steroid dienone is 1. The van der Waals surface area contributed by atoms with Crippen molar-refractivity contribution in [3.05, 3.63) is 96.6 Å². The van der Waals surface area contributed by atoms with Gasteiger partial charge in [0, 0.05) is 50.0 Å². The molecule has 2 aromatic rings. The lowest BCUT2D eigenvalue weighted by Gasteiger charge is -2.55. The van der Waals surface area contributed by atoms with Gasteiger partial charge >= 0.3 is 0 Å². The van der Waals surface area contributed by atoms with Crippen LogP contribution in [-0.4, -0.2) is 114 Å². The lowest BCUT2D eigenvalue weighted by molar-refractivity contribution is -0.400. The van der Waals surface area contributed by atoms with Gasteiger partial charge in [-0.05, 0) is 177 Å². The minimum Gasteiger partial charge on any atom is -0.417 e. The Labute approximate surface area is 572 Å². The highest BCUT2D eigenvalue weighted by atomic mass is 28.4. The molecule has 0 aromatic heterocycles. The van der Waals surface area contributed by atoms with Gasteiger partial charge in [0.2, 0.25) is 0 Å². The number of hydrogen-bond acceptors (Lipinski definition) is 10. The highest BCUT2D eigenvalue weighted by molar-refractivity contribution is 6.99. The SMILES string of the molecule is C=C1C/C=C\C(O[Si](C)(C)C)[C@@]2(C[C@H](C)[C@@H](C)CO[Si](C)(C)C(C)(C)C)CCC(CO[Si](c3ccccc3)(c3ccccc3)C(C)(C)C)=C[C@@H]2[C@@H]2O[C@]3(C[C@H]4CCC[C@@]5(CC[C@@]6(O[C@@H](CC[C@@]6(C)O[Si](CC)(CC)CC)C1)O5)O4)C[C@@H](C)[C@@H](O[Si](C)(C)C(C)(C)C)[C@H]2O3. The molecule has 93 heavy (non-hydrogen) atoms. The van der Waals surface area contributed by atoms with Crippen molar-refractivity contribution in [3.63, 3.8) is 0 Å². The summed E-state index contributed by atoms with van der Waals surface area (Å²) in [6.45, 7) is 61.0. The van der Waals surface area contributed by atoms with Crippen LogP contribution in [0.1, 0.15) is 201 Å². The summed E-state index contributed by atoms with van der Waals surface area (Å²) in [7, 11) is -11.9. The molecule has 7 bridgehead atoms. The van der Waals surface area contributed by atoms with E-state index in [0.717, 1.165) is 101 Å². The first-order chi connectivity index (χ1) is 43.2. The van der Waals surface area contributed by atoms with Gasteiger partial charge in [-0.25, -0.2) is 0 Å². The highest BCUT2D eigenvalue weighted by Gasteiger charge is 2.68. The molecule has 15 heteroatoms. The van der Waals surface area contributed by atoms with Gasteiger partial charge < -0.3 is 45.8 Å². The van der Waals surface area contributed by atoms with Gasteiger partial charge in [-0.3, -0.25) is 0 Å². The molecule has 6 aliphatic heterocycles. The topological polar surface area (TPSA) is 92.3 Å². The van der Waals surface area contributed by atoms with Crippen LogP contribution in [0.25, 0.3) is 0 Å². The molecule has 1 unspecified atom stereocenters. The molecule has 0 saturated carbocycles. The van der Waals surface area contributed by atoms with Crippen LogP contribution in [0.5, 0.6) is 0 Å². The Bertz CT molecular complexity index is 2840. The molecule has 0 N–H and O–H groups in total. The Morgan fingerprint density at radius 1 is 0.645 bits per heavy atom. The minimum absolute atomic E-state index is 0.0265. The molecule has 10 nitrogen and oxygen atoms in total. The molecule has 1 aliphatic carbocycles. The maximum absolute atomic E-state index is 8.32. The van der Waals surface area contributed by atoms with Crippen LogP contribution in [0.2, 0.25) is 79.1 Å². The van der Waals surface area contributed by atoms with Gasteiger partial charge in [0.05, 0.1) is 37.1 Å². The number of benzene rings is 2. The Balaban J connectivity index is 1.24. The molecular weight excluding hydrogens is 1240 g/mol. The third kappa shape index (κ3) is 15.6. The summed E-state index contributed by atoms with van der Waals surface area (Å²) in [5.74, 6) is -2.20. The van der Waals surface area contributed by atoms with Crippen LogP contribution in [0.4, 0.5) is 0 Å². The fraction of sp³-hybridized carbons (Fsp3) is 0.769. The Morgan fingerprint density at radius 2 is 1.26 bits per heavy atom. The summed E-state index contributed by atoms with van der Waals surface area (Å²) in [4.78, 5) is 0. The minimum atomic E-state index is -2.96. The Morgan fingerprint density at radius 3 is 1.84 bits per heavy atom. The summed E-state index contributed by atoms with van der Waals surface area (Å²) in [6, 6.07) is 25.5. The van der Waals surface area contributed by atoms with E-state index in [2.05, 4.69) is 236 Å². The highest BCUT2D eigenvalue weighted by Crippen LogP contribution is 2.61. The van der Waals surface area contributed by atoms with Crippen molar-refractivity contribution in [1.82, 2.24) is 0 Å². The fourth-order valence-corrected chi connectivity index (χ4v) is 28.4. The molecule has 524 valence electrons. The van der Waals surface area contributed by atoms with E-state index >= 15 is 0 Å². The van der Waals surface area contributed by atoms with Crippen LogP contribution in [-0.2, 0) is 45.8 Å². The summed E-state index contributed by atoms with van der Waals surface area (Å²) >= 11 is 0. The molecular formula is C78H132O10Si5. The number of ether oxygens (including phenoxy) is 5. The smallest absolute Gasteiger partial charge is 0.261 e. The maximum atomic E-state index is 8.32. The van der Waals surface area contributed by atoms with Gasteiger partial charge in [-0.2, -0.15) is 0 Å². The quantitative estimate of drug-likeness (QED) is 0.0943. The average Bonchev–Trinajstić information content (AvgIpc) is 1.58. The first kappa shape index (κ1) is 75.5. The van der Waals surface area contributed by atoms with Crippen LogP contribution < -0.4 is 10.4 Å². The predicted molar refractivity (Wildman–Crippen MR) is 397 cm³/mol. The van der Waals surface area contributed by atoms with Gasteiger partial charge in [0.15, 0.2) is 50.6 Å². The molecule has 3 spiro atoms. The van der Waals surface area contributed by atoms with Crippen molar-refractivity contribution < 1.29 is 45.8 Å². The third-order valence-electron chi connectivity index (χ3n) is 25.2. The maximum Gasteiger partial charge on any atom is 0.261 e. The van der Waals surface area contributed by atoms with Crippen molar-refractivity contribution in [2.24, 2.45) is 29.1 Å². The summed E-state index contributed by atoms with van der Waals surface area (Å²) in [6.07, 6.45) is 17.5. The van der Waals surface area contributed by atoms with Crippen LogP contribution in [0.15, 0.2) is 96.6 Å². The van der Waals surface area contributed by atoms with E-state index in [9.17, 15) is 0 Å². The largest absolute Gasteiger partial charge is 0.417 e. The zero-order valence-electron chi connectivity index (χ0n) is 63.0.